The Labute approximate surface area is 117 Å². The van der Waals surface area contributed by atoms with Crippen molar-refractivity contribution in [2.45, 2.75) is 33.1 Å². The van der Waals surface area contributed by atoms with E-state index in [1.54, 1.807) is 7.11 Å². The minimum atomic E-state index is 0.790. The van der Waals surface area contributed by atoms with Crippen molar-refractivity contribution in [3.8, 4) is 5.75 Å². The van der Waals surface area contributed by atoms with Gasteiger partial charge in [0.25, 0.3) is 0 Å². The van der Waals surface area contributed by atoms with Crippen LogP contribution in [0.15, 0.2) is 12.1 Å². The van der Waals surface area contributed by atoms with Crippen LogP contribution in [0.2, 0.25) is 0 Å². The molecule has 3 nitrogen and oxygen atoms in total. The number of rotatable bonds is 8. The first-order chi connectivity index (χ1) is 9.08. The maximum Gasteiger partial charge on any atom is 0.125 e. The monoisotopic (exact) mass is 264 g/mol. The number of hydrogen-bond acceptors (Lipinski definition) is 3. The van der Waals surface area contributed by atoms with Gasteiger partial charge in [-0.3, -0.25) is 0 Å². The Morgan fingerprint density at radius 1 is 1.16 bits per heavy atom. The molecule has 0 radical (unpaired) electrons. The lowest BCUT2D eigenvalue weighted by atomic mass is 10.0. The summed E-state index contributed by atoms with van der Waals surface area (Å²) in [4.78, 5) is 2.37. The van der Waals surface area contributed by atoms with Crippen molar-refractivity contribution in [2.24, 2.45) is 5.73 Å². The zero-order valence-corrected chi connectivity index (χ0v) is 12.8. The van der Waals surface area contributed by atoms with Gasteiger partial charge in [0.05, 0.1) is 7.11 Å². The summed E-state index contributed by atoms with van der Waals surface area (Å²) in [6, 6.07) is 4.41. The van der Waals surface area contributed by atoms with E-state index in [0.29, 0.717) is 0 Å². The molecule has 0 aliphatic rings. The third-order valence-corrected chi connectivity index (χ3v) is 3.46. The molecule has 0 spiro atoms. The van der Waals surface area contributed by atoms with Crippen molar-refractivity contribution in [2.75, 3.05) is 33.8 Å². The van der Waals surface area contributed by atoms with Crippen molar-refractivity contribution < 1.29 is 4.74 Å². The fourth-order valence-corrected chi connectivity index (χ4v) is 2.47. The lowest BCUT2D eigenvalue weighted by Crippen LogP contribution is -2.23. The Bertz CT molecular complexity index is 391. The Kier molecular flexibility index (Phi) is 6.89. The molecule has 0 aliphatic carbocycles. The zero-order valence-electron chi connectivity index (χ0n) is 12.8. The van der Waals surface area contributed by atoms with E-state index in [1.165, 1.54) is 23.1 Å². The molecule has 0 bridgehead atoms. The van der Waals surface area contributed by atoms with E-state index < -0.39 is 0 Å². The molecule has 0 amide bonds. The quantitative estimate of drug-likeness (QED) is 0.733. The van der Waals surface area contributed by atoms with E-state index in [0.717, 1.165) is 38.2 Å². The normalized spacial score (nSPS) is 11.1. The highest BCUT2D eigenvalue weighted by Crippen LogP contribution is 2.25. The molecular formula is C16H28N2O. The second-order valence-corrected chi connectivity index (χ2v) is 5.32. The van der Waals surface area contributed by atoms with E-state index in [9.17, 15) is 0 Å². The molecule has 19 heavy (non-hydrogen) atoms. The van der Waals surface area contributed by atoms with Gasteiger partial charge in [-0.25, -0.2) is 0 Å². The number of nitrogens with two attached hydrogens (primary N) is 1. The number of hydrogen-bond donors (Lipinski definition) is 1. The van der Waals surface area contributed by atoms with Gasteiger partial charge in [0.2, 0.25) is 0 Å². The van der Waals surface area contributed by atoms with Crippen LogP contribution in [0.3, 0.4) is 0 Å². The Morgan fingerprint density at radius 3 is 2.53 bits per heavy atom. The Morgan fingerprint density at radius 2 is 1.89 bits per heavy atom. The molecule has 0 saturated carbocycles. The predicted octanol–water partition coefficient (Wildman–Crippen LogP) is 2.53. The average Bonchev–Trinajstić information content (AvgIpc) is 2.36. The summed E-state index contributed by atoms with van der Waals surface area (Å²) in [6.45, 7) is 7.22. The third kappa shape index (κ3) is 5.21. The highest BCUT2D eigenvalue weighted by molar-refractivity contribution is 5.43. The summed E-state index contributed by atoms with van der Waals surface area (Å²) in [7, 11) is 3.93. The molecule has 0 atom stereocenters. The minimum absolute atomic E-state index is 0.790. The SMILES string of the molecule is COc1c(C)cc(C)cc1CCN(C)CCCCN. The fraction of sp³-hybridized carbons (Fsp3) is 0.625. The standard InChI is InChI=1S/C16H28N2O/c1-13-11-14(2)16(19-4)15(12-13)7-10-18(3)9-6-5-8-17/h11-12H,5-10,17H2,1-4H3. The first-order valence-corrected chi connectivity index (χ1v) is 7.11. The van der Waals surface area contributed by atoms with E-state index in [2.05, 4.69) is 37.9 Å². The summed E-state index contributed by atoms with van der Waals surface area (Å²) in [5.74, 6) is 1.04. The summed E-state index contributed by atoms with van der Waals surface area (Å²) >= 11 is 0. The molecule has 108 valence electrons. The smallest absolute Gasteiger partial charge is 0.125 e. The van der Waals surface area contributed by atoms with Crippen LogP contribution in [0.1, 0.15) is 29.5 Å². The largest absolute Gasteiger partial charge is 0.496 e. The zero-order chi connectivity index (χ0) is 14.3. The maximum absolute atomic E-state index is 5.53. The summed E-state index contributed by atoms with van der Waals surface area (Å²) in [5, 5.41) is 0. The summed E-state index contributed by atoms with van der Waals surface area (Å²) in [5.41, 5.74) is 9.36. The Balaban J connectivity index is 2.57. The van der Waals surface area contributed by atoms with Crippen molar-refractivity contribution >= 4 is 0 Å². The van der Waals surface area contributed by atoms with Gasteiger partial charge >= 0.3 is 0 Å². The van der Waals surface area contributed by atoms with E-state index >= 15 is 0 Å². The first-order valence-electron chi connectivity index (χ1n) is 7.11. The molecule has 1 aromatic rings. The summed E-state index contributed by atoms with van der Waals surface area (Å²) in [6.07, 6.45) is 3.32. The van der Waals surface area contributed by atoms with Gasteiger partial charge in [-0.1, -0.05) is 17.7 Å². The van der Waals surface area contributed by atoms with Crippen molar-refractivity contribution in [1.82, 2.24) is 4.90 Å². The third-order valence-electron chi connectivity index (χ3n) is 3.46. The van der Waals surface area contributed by atoms with Gasteiger partial charge in [0.1, 0.15) is 5.75 Å². The number of unbranched alkanes of at least 4 members (excludes halogenated alkanes) is 1. The van der Waals surface area contributed by atoms with Gasteiger partial charge < -0.3 is 15.4 Å². The molecule has 1 rings (SSSR count). The van der Waals surface area contributed by atoms with Crippen LogP contribution in [-0.4, -0.2) is 38.7 Å². The number of ether oxygens (including phenoxy) is 1. The van der Waals surface area contributed by atoms with Crippen LogP contribution in [0.25, 0.3) is 0 Å². The van der Waals surface area contributed by atoms with Crippen molar-refractivity contribution in [1.29, 1.82) is 0 Å². The predicted molar refractivity (Wildman–Crippen MR) is 82.0 cm³/mol. The van der Waals surface area contributed by atoms with E-state index in [1.807, 2.05) is 0 Å². The number of methoxy groups -OCH3 is 1. The number of nitrogens with zero attached hydrogens (tertiary/aromatic N) is 1. The van der Waals surface area contributed by atoms with Gasteiger partial charge in [0, 0.05) is 6.54 Å². The maximum atomic E-state index is 5.53. The van der Waals surface area contributed by atoms with Crippen LogP contribution < -0.4 is 10.5 Å². The van der Waals surface area contributed by atoms with Crippen LogP contribution in [0.5, 0.6) is 5.75 Å². The molecule has 3 heteroatoms. The van der Waals surface area contributed by atoms with Gasteiger partial charge in [-0.15, -0.1) is 0 Å². The molecular weight excluding hydrogens is 236 g/mol. The van der Waals surface area contributed by atoms with Crippen LogP contribution in [0.4, 0.5) is 0 Å². The molecule has 0 fully saturated rings. The second kappa shape index (κ2) is 8.18. The second-order valence-electron chi connectivity index (χ2n) is 5.32. The van der Waals surface area contributed by atoms with E-state index in [-0.39, 0.29) is 0 Å². The average molecular weight is 264 g/mol. The van der Waals surface area contributed by atoms with Crippen LogP contribution >= 0.6 is 0 Å². The van der Waals surface area contributed by atoms with Gasteiger partial charge in [0.15, 0.2) is 0 Å². The molecule has 2 N–H and O–H groups in total. The summed E-state index contributed by atoms with van der Waals surface area (Å²) < 4.78 is 5.53. The highest BCUT2D eigenvalue weighted by atomic mass is 16.5. The first kappa shape index (κ1) is 16.0. The number of aryl methyl sites for hydroxylation is 2. The highest BCUT2D eigenvalue weighted by Gasteiger charge is 2.08. The van der Waals surface area contributed by atoms with Crippen LogP contribution in [0, 0.1) is 13.8 Å². The molecule has 0 aliphatic heterocycles. The van der Waals surface area contributed by atoms with Crippen LogP contribution in [-0.2, 0) is 6.42 Å². The minimum Gasteiger partial charge on any atom is -0.496 e. The van der Waals surface area contributed by atoms with Gasteiger partial charge in [-0.05, 0) is 64.4 Å². The molecule has 0 saturated heterocycles. The van der Waals surface area contributed by atoms with Gasteiger partial charge in [-0.2, -0.15) is 0 Å². The lowest BCUT2D eigenvalue weighted by molar-refractivity contribution is 0.327. The topological polar surface area (TPSA) is 38.5 Å². The van der Waals surface area contributed by atoms with Crippen molar-refractivity contribution in [3.05, 3.63) is 28.8 Å². The molecule has 0 aromatic heterocycles. The molecule has 1 aromatic carbocycles. The lowest BCUT2D eigenvalue weighted by Gasteiger charge is -2.18. The Hall–Kier alpha value is -1.06. The number of likely N-dealkylation sites (N-methyl/N-ethyl adjacent to an activating group) is 1. The number of benzene rings is 1. The van der Waals surface area contributed by atoms with Crippen molar-refractivity contribution in [3.63, 3.8) is 0 Å². The molecule has 0 heterocycles. The molecule has 0 unspecified atom stereocenters. The van der Waals surface area contributed by atoms with E-state index in [4.69, 9.17) is 10.5 Å². The fourth-order valence-electron chi connectivity index (χ4n) is 2.47.